The lowest BCUT2D eigenvalue weighted by atomic mass is 9.85. The zero-order valence-electron chi connectivity index (χ0n) is 24.3. The quantitative estimate of drug-likeness (QED) is 0.322. The second-order valence-electron chi connectivity index (χ2n) is 11.3. The number of nitrogens with one attached hydrogen (secondary N) is 1. The van der Waals surface area contributed by atoms with E-state index in [0.29, 0.717) is 37.9 Å². The molecule has 0 aromatic heterocycles. The number of carbonyl (C=O) groups is 3. The Bertz CT molecular complexity index is 1210. The van der Waals surface area contributed by atoms with Crippen LogP contribution < -0.4 is 10.2 Å². The molecule has 2 heterocycles. The van der Waals surface area contributed by atoms with Crippen LogP contribution in [0.15, 0.2) is 54.6 Å². The molecule has 2 aliphatic rings. The molecular weight excluding hydrogens is 545 g/mol. The molecule has 2 saturated heterocycles. The third-order valence-corrected chi connectivity index (χ3v) is 8.35. The fraction of sp³-hybridized carbons (Fsp3) is 0.531. The lowest BCUT2D eigenvalue weighted by molar-refractivity contribution is -0.140. The summed E-state index contributed by atoms with van der Waals surface area (Å²) in [5.41, 5.74) is -0.448. The number of unbranched alkanes of at least 4 members (excludes halogenated alkanes) is 5. The van der Waals surface area contributed by atoms with E-state index in [9.17, 15) is 27.6 Å². The van der Waals surface area contributed by atoms with Gasteiger partial charge in [0.05, 0.1) is 12.2 Å². The van der Waals surface area contributed by atoms with Crippen molar-refractivity contribution in [3.63, 3.8) is 0 Å². The van der Waals surface area contributed by atoms with E-state index in [-0.39, 0.29) is 31.6 Å². The van der Waals surface area contributed by atoms with Crippen LogP contribution in [0, 0.1) is 0 Å². The Morgan fingerprint density at radius 1 is 0.929 bits per heavy atom. The van der Waals surface area contributed by atoms with Gasteiger partial charge in [0.15, 0.2) is 0 Å². The topological polar surface area (TPSA) is 73.0 Å². The third-order valence-electron chi connectivity index (χ3n) is 8.35. The molecule has 4 rings (SSSR count). The Morgan fingerprint density at radius 2 is 1.62 bits per heavy atom. The number of piperidine rings is 1. The molecule has 10 heteroatoms. The lowest BCUT2D eigenvalue weighted by Crippen LogP contribution is -2.57. The molecule has 7 nitrogen and oxygen atoms in total. The number of nitrogens with zero attached hydrogens (tertiary/aromatic N) is 3. The summed E-state index contributed by atoms with van der Waals surface area (Å²) < 4.78 is 39.1. The first-order chi connectivity index (χ1) is 20.1. The highest BCUT2D eigenvalue weighted by Crippen LogP contribution is 2.39. The van der Waals surface area contributed by atoms with Gasteiger partial charge < -0.3 is 20.0 Å². The fourth-order valence-corrected chi connectivity index (χ4v) is 5.95. The van der Waals surface area contributed by atoms with Crippen molar-refractivity contribution in [3.05, 3.63) is 65.7 Å². The first kappa shape index (κ1) is 31.4. The monoisotopic (exact) mass is 586 g/mol. The molecule has 0 radical (unpaired) electrons. The normalized spacial score (nSPS) is 16.8. The summed E-state index contributed by atoms with van der Waals surface area (Å²) in [6.45, 7) is 3.06. The molecule has 0 saturated carbocycles. The molecule has 2 fully saturated rings. The minimum atomic E-state index is -4.47. The minimum absolute atomic E-state index is 0.0754. The van der Waals surface area contributed by atoms with E-state index in [2.05, 4.69) is 12.2 Å². The van der Waals surface area contributed by atoms with Crippen LogP contribution in [0.3, 0.4) is 0 Å². The second-order valence-corrected chi connectivity index (χ2v) is 11.3. The van der Waals surface area contributed by atoms with Gasteiger partial charge in [-0.1, -0.05) is 69.4 Å². The number of carbonyl (C=O) groups excluding carboxylic acids is 3. The number of para-hydroxylation sites is 1. The first-order valence-electron chi connectivity index (χ1n) is 15.0. The molecule has 0 bridgehead atoms. The van der Waals surface area contributed by atoms with Gasteiger partial charge in [0.25, 0.3) is 5.91 Å². The van der Waals surface area contributed by atoms with Crippen molar-refractivity contribution in [2.24, 2.45) is 0 Å². The smallest absolute Gasteiger partial charge is 0.350 e. The van der Waals surface area contributed by atoms with Gasteiger partial charge in [0, 0.05) is 31.7 Å². The van der Waals surface area contributed by atoms with Crippen LogP contribution in [0.25, 0.3) is 0 Å². The van der Waals surface area contributed by atoms with Gasteiger partial charge in [-0.2, -0.15) is 13.2 Å². The van der Waals surface area contributed by atoms with Gasteiger partial charge in [0.2, 0.25) is 11.8 Å². The molecule has 2 aromatic rings. The number of hydrogen-bond acceptors (Lipinski definition) is 4. The van der Waals surface area contributed by atoms with Gasteiger partial charge >= 0.3 is 6.18 Å². The van der Waals surface area contributed by atoms with Crippen molar-refractivity contribution in [3.8, 4) is 0 Å². The van der Waals surface area contributed by atoms with E-state index < -0.39 is 23.2 Å². The van der Waals surface area contributed by atoms with E-state index >= 15 is 0 Å². The zero-order valence-corrected chi connectivity index (χ0v) is 24.3. The first-order valence-corrected chi connectivity index (χ1v) is 15.0. The maximum absolute atomic E-state index is 13.9. The molecule has 0 atom stereocenters. The van der Waals surface area contributed by atoms with Crippen molar-refractivity contribution < 1.29 is 27.6 Å². The maximum atomic E-state index is 13.9. The van der Waals surface area contributed by atoms with Gasteiger partial charge in [0.1, 0.15) is 12.1 Å². The zero-order chi connectivity index (χ0) is 30.2. The van der Waals surface area contributed by atoms with Crippen molar-refractivity contribution in [1.82, 2.24) is 15.1 Å². The molecule has 3 amide bonds. The number of rotatable bonds is 12. The summed E-state index contributed by atoms with van der Waals surface area (Å²) in [6.07, 6.45) is 3.67. The number of anilines is 1. The molecule has 0 unspecified atom stereocenters. The molecule has 2 aromatic carbocycles. The van der Waals surface area contributed by atoms with Gasteiger partial charge in [-0.05, 0) is 49.1 Å². The maximum Gasteiger partial charge on any atom is 0.416 e. The highest BCUT2D eigenvalue weighted by molar-refractivity contribution is 5.96. The Balaban J connectivity index is 1.37. The highest BCUT2D eigenvalue weighted by atomic mass is 19.4. The number of amides is 3. The summed E-state index contributed by atoms with van der Waals surface area (Å²) in [5.74, 6) is -0.483. The predicted molar refractivity (Wildman–Crippen MR) is 155 cm³/mol. The molecule has 0 aliphatic carbocycles. The number of hydrogen-bond donors (Lipinski definition) is 1. The van der Waals surface area contributed by atoms with E-state index in [0.717, 1.165) is 37.1 Å². The van der Waals surface area contributed by atoms with Crippen molar-refractivity contribution >= 4 is 23.4 Å². The van der Waals surface area contributed by atoms with Gasteiger partial charge in [-0.15, -0.1) is 0 Å². The predicted octanol–water partition coefficient (Wildman–Crippen LogP) is 5.74. The standard InChI is InChI=1S/C32H41F3N4O3/c1-2-3-4-5-6-10-16-29(41)37-19-17-31(18-20-37)30(42)38(24-39(31)27-14-8-7-9-15-27)23-28(40)36-22-25-12-11-13-26(21-25)32(33,34)35/h7-9,11-15,21H,2-6,10,16-20,22-24H2,1H3,(H,36,40). The molecule has 1 spiro atoms. The number of halogens is 3. The van der Waals surface area contributed by atoms with Crippen LogP contribution in [0.1, 0.15) is 75.8 Å². The van der Waals surface area contributed by atoms with E-state index in [1.165, 1.54) is 36.3 Å². The molecule has 228 valence electrons. The third kappa shape index (κ3) is 7.63. The molecule has 2 aliphatic heterocycles. The lowest BCUT2D eigenvalue weighted by Gasteiger charge is -2.43. The van der Waals surface area contributed by atoms with Crippen LogP contribution in [0.2, 0.25) is 0 Å². The SMILES string of the molecule is CCCCCCCCC(=O)N1CCC2(CC1)C(=O)N(CC(=O)NCc1cccc(C(F)(F)F)c1)CN2c1ccccc1. The Hall–Kier alpha value is -3.56. The van der Waals surface area contributed by atoms with Crippen LogP contribution >= 0.6 is 0 Å². The van der Waals surface area contributed by atoms with Gasteiger partial charge in [-0.3, -0.25) is 14.4 Å². The summed E-state index contributed by atoms with van der Waals surface area (Å²) in [6, 6.07) is 14.4. The summed E-state index contributed by atoms with van der Waals surface area (Å²) in [4.78, 5) is 45.0. The van der Waals surface area contributed by atoms with Crippen molar-refractivity contribution in [2.75, 3.05) is 31.2 Å². The van der Waals surface area contributed by atoms with Crippen LogP contribution in [-0.2, 0) is 27.1 Å². The Labute approximate surface area is 246 Å². The fourth-order valence-electron chi connectivity index (χ4n) is 5.95. The number of alkyl halides is 3. The number of benzene rings is 2. The molecule has 1 N–H and O–H groups in total. The van der Waals surface area contributed by atoms with Crippen LogP contribution in [0.4, 0.5) is 18.9 Å². The molecule has 42 heavy (non-hydrogen) atoms. The minimum Gasteiger partial charge on any atom is -0.350 e. The van der Waals surface area contributed by atoms with Crippen molar-refractivity contribution in [1.29, 1.82) is 0 Å². The highest BCUT2D eigenvalue weighted by Gasteiger charge is 2.54. The average Bonchev–Trinajstić information content (AvgIpc) is 3.24. The number of likely N-dealkylation sites (tertiary alicyclic amines) is 1. The van der Waals surface area contributed by atoms with Crippen molar-refractivity contribution in [2.45, 2.75) is 83.0 Å². The average molecular weight is 587 g/mol. The summed E-state index contributed by atoms with van der Waals surface area (Å²) in [7, 11) is 0. The second kappa shape index (κ2) is 14.1. The van der Waals surface area contributed by atoms with Crippen LogP contribution in [0.5, 0.6) is 0 Å². The van der Waals surface area contributed by atoms with E-state index in [1.807, 2.05) is 40.1 Å². The largest absolute Gasteiger partial charge is 0.416 e. The molecular formula is C32H41F3N4O3. The van der Waals surface area contributed by atoms with Gasteiger partial charge in [-0.25, -0.2) is 0 Å². The van der Waals surface area contributed by atoms with Crippen LogP contribution in [-0.4, -0.2) is 59.4 Å². The Kier molecular flexibility index (Phi) is 10.5. The summed E-state index contributed by atoms with van der Waals surface area (Å²) in [5, 5.41) is 2.66. The van der Waals surface area contributed by atoms with E-state index in [1.54, 1.807) is 0 Å². The summed E-state index contributed by atoms with van der Waals surface area (Å²) >= 11 is 0. The van der Waals surface area contributed by atoms with E-state index in [4.69, 9.17) is 0 Å². The Morgan fingerprint density at radius 3 is 2.31 bits per heavy atom.